The van der Waals surface area contributed by atoms with Crippen LogP contribution >= 0.6 is 11.6 Å². The SMILES string of the molecule is Cn1nccc1-c1ccc(Cl)c(N)c1. The zero-order chi connectivity index (χ0) is 10.1. The second-order valence-corrected chi connectivity index (χ2v) is 3.48. The summed E-state index contributed by atoms with van der Waals surface area (Å²) in [5.74, 6) is 0. The molecule has 0 fully saturated rings. The first-order valence-electron chi connectivity index (χ1n) is 4.22. The molecule has 14 heavy (non-hydrogen) atoms. The van der Waals surface area contributed by atoms with Crippen LogP contribution in [0.4, 0.5) is 5.69 Å². The lowest BCUT2D eigenvalue weighted by atomic mass is 10.1. The van der Waals surface area contributed by atoms with Gasteiger partial charge in [-0.1, -0.05) is 17.7 Å². The molecule has 0 radical (unpaired) electrons. The Labute approximate surface area is 87.1 Å². The molecule has 0 spiro atoms. The average molecular weight is 208 g/mol. The minimum absolute atomic E-state index is 0.580. The molecule has 4 heteroatoms. The largest absolute Gasteiger partial charge is 0.398 e. The van der Waals surface area contributed by atoms with E-state index in [0.29, 0.717) is 10.7 Å². The van der Waals surface area contributed by atoms with Crippen LogP contribution in [0.15, 0.2) is 30.5 Å². The molecule has 0 aliphatic carbocycles. The van der Waals surface area contributed by atoms with Crippen LogP contribution < -0.4 is 5.73 Å². The molecule has 72 valence electrons. The van der Waals surface area contributed by atoms with E-state index < -0.39 is 0 Å². The van der Waals surface area contributed by atoms with Gasteiger partial charge in [0.15, 0.2) is 0 Å². The number of hydrogen-bond donors (Lipinski definition) is 1. The van der Waals surface area contributed by atoms with Gasteiger partial charge in [0.25, 0.3) is 0 Å². The van der Waals surface area contributed by atoms with E-state index in [9.17, 15) is 0 Å². The number of halogens is 1. The fourth-order valence-electron chi connectivity index (χ4n) is 1.36. The summed E-state index contributed by atoms with van der Waals surface area (Å²) in [6.45, 7) is 0. The van der Waals surface area contributed by atoms with Gasteiger partial charge in [-0.3, -0.25) is 4.68 Å². The molecule has 3 nitrogen and oxygen atoms in total. The molecule has 0 saturated heterocycles. The fourth-order valence-corrected chi connectivity index (χ4v) is 1.48. The van der Waals surface area contributed by atoms with Crippen molar-refractivity contribution in [3.05, 3.63) is 35.5 Å². The Morgan fingerprint density at radius 3 is 2.71 bits per heavy atom. The minimum atomic E-state index is 0.580. The van der Waals surface area contributed by atoms with Gasteiger partial charge in [0.1, 0.15) is 0 Å². The highest BCUT2D eigenvalue weighted by Crippen LogP contribution is 2.25. The number of rotatable bonds is 1. The zero-order valence-corrected chi connectivity index (χ0v) is 8.49. The lowest BCUT2D eigenvalue weighted by molar-refractivity contribution is 0.776. The molecule has 1 aromatic carbocycles. The maximum atomic E-state index is 5.83. The summed E-state index contributed by atoms with van der Waals surface area (Å²) < 4.78 is 1.79. The van der Waals surface area contributed by atoms with Crippen molar-refractivity contribution >= 4 is 17.3 Å². The van der Waals surface area contributed by atoms with E-state index in [1.807, 2.05) is 25.2 Å². The van der Waals surface area contributed by atoms with Gasteiger partial charge in [-0.25, -0.2) is 0 Å². The van der Waals surface area contributed by atoms with Crippen LogP contribution in [0.1, 0.15) is 0 Å². The zero-order valence-electron chi connectivity index (χ0n) is 7.74. The Morgan fingerprint density at radius 1 is 1.36 bits per heavy atom. The number of nitrogen functional groups attached to an aromatic ring is 1. The lowest BCUT2D eigenvalue weighted by Gasteiger charge is -2.04. The molecule has 1 aromatic heterocycles. The molecule has 0 amide bonds. The van der Waals surface area contributed by atoms with Crippen molar-refractivity contribution in [1.29, 1.82) is 0 Å². The molecular weight excluding hydrogens is 198 g/mol. The fraction of sp³-hybridized carbons (Fsp3) is 0.100. The van der Waals surface area contributed by atoms with E-state index in [1.165, 1.54) is 0 Å². The van der Waals surface area contributed by atoms with E-state index in [2.05, 4.69) is 5.10 Å². The number of nitrogens with zero attached hydrogens (tertiary/aromatic N) is 2. The van der Waals surface area contributed by atoms with Crippen LogP contribution in [0.25, 0.3) is 11.3 Å². The molecular formula is C10H10ClN3. The molecule has 2 rings (SSSR count). The Kier molecular flexibility index (Phi) is 2.17. The topological polar surface area (TPSA) is 43.8 Å². The van der Waals surface area contributed by atoms with Crippen molar-refractivity contribution in [1.82, 2.24) is 9.78 Å². The van der Waals surface area contributed by atoms with E-state index in [-0.39, 0.29) is 0 Å². The summed E-state index contributed by atoms with van der Waals surface area (Å²) in [6, 6.07) is 7.50. The summed E-state index contributed by atoms with van der Waals surface area (Å²) in [4.78, 5) is 0. The smallest absolute Gasteiger partial charge is 0.0679 e. The molecule has 0 atom stereocenters. The van der Waals surface area contributed by atoms with Gasteiger partial charge in [-0.05, 0) is 18.2 Å². The maximum Gasteiger partial charge on any atom is 0.0679 e. The van der Waals surface area contributed by atoms with Crippen molar-refractivity contribution in [3.63, 3.8) is 0 Å². The summed E-state index contributed by atoms with van der Waals surface area (Å²) in [5.41, 5.74) is 8.35. The van der Waals surface area contributed by atoms with Gasteiger partial charge >= 0.3 is 0 Å². The summed E-state index contributed by atoms with van der Waals surface area (Å²) in [6.07, 6.45) is 1.75. The van der Waals surface area contributed by atoms with Crippen molar-refractivity contribution in [2.24, 2.45) is 7.05 Å². The minimum Gasteiger partial charge on any atom is -0.398 e. The van der Waals surface area contributed by atoms with Crippen molar-refractivity contribution in [2.45, 2.75) is 0 Å². The van der Waals surface area contributed by atoms with Gasteiger partial charge in [0, 0.05) is 18.8 Å². The van der Waals surface area contributed by atoms with E-state index >= 15 is 0 Å². The van der Waals surface area contributed by atoms with Crippen molar-refractivity contribution in [3.8, 4) is 11.3 Å². The van der Waals surface area contributed by atoms with Gasteiger partial charge in [0.05, 0.1) is 16.4 Å². The summed E-state index contributed by atoms with van der Waals surface area (Å²) >= 11 is 5.83. The Balaban J connectivity index is 2.53. The first-order chi connectivity index (χ1) is 6.68. The Hall–Kier alpha value is -1.48. The maximum absolute atomic E-state index is 5.83. The monoisotopic (exact) mass is 207 g/mol. The highest BCUT2D eigenvalue weighted by atomic mass is 35.5. The number of anilines is 1. The van der Waals surface area contributed by atoms with Crippen LogP contribution in [0, 0.1) is 0 Å². The molecule has 0 aliphatic rings. The number of benzene rings is 1. The third-order valence-electron chi connectivity index (χ3n) is 2.11. The second kappa shape index (κ2) is 3.35. The van der Waals surface area contributed by atoms with E-state index in [4.69, 9.17) is 17.3 Å². The molecule has 0 saturated carbocycles. The highest BCUT2D eigenvalue weighted by Gasteiger charge is 2.04. The van der Waals surface area contributed by atoms with Gasteiger partial charge in [-0.15, -0.1) is 0 Å². The van der Waals surface area contributed by atoms with Crippen molar-refractivity contribution in [2.75, 3.05) is 5.73 Å². The Bertz CT molecular complexity index is 462. The van der Waals surface area contributed by atoms with Gasteiger partial charge in [0.2, 0.25) is 0 Å². The molecule has 0 unspecified atom stereocenters. The molecule has 2 aromatic rings. The first-order valence-corrected chi connectivity index (χ1v) is 4.59. The van der Waals surface area contributed by atoms with Crippen LogP contribution in [0.3, 0.4) is 0 Å². The van der Waals surface area contributed by atoms with Gasteiger partial charge in [-0.2, -0.15) is 5.10 Å². The number of aromatic nitrogens is 2. The molecule has 0 aliphatic heterocycles. The van der Waals surface area contributed by atoms with Crippen LogP contribution in [-0.2, 0) is 7.05 Å². The van der Waals surface area contributed by atoms with Crippen molar-refractivity contribution < 1.29 is 0 Å². The van der Waals surface area contributed by atoms with E-state index in [0.717, 1.165) is 11.3 Å². The predicted molar refractivity (Wildman–Crippen MR) is 58.1 cm³/mol. The van der Waals surface area contributed by atoms with Crippen LogP contribution in [0.2, 0.25) is 5.02 Å². The summed E-state index contributed by atoms with van der Waals surface area (Å²) in [5, 5.41) is 4.67. The summed E-state index contributed by atoms with van der Waals surface area (Å²) in [7, 11) is 1.89. The average Bonchev–Trinajstić information content (AvgIpc) is 2.57. The highest BCUT2D eigenvalue weighted by molar-refractivity contribution is 6.33. The molecule has 0 bridgehead atoms. The number of hydrogen-bond acceptors (Lipinski definition) is 2. The van der Waals surface area contributed by atoms with E-state index in [1.54, 1.807) is 16.9 Å². The third-order valence-corrected chi connectivity index (χ3v) is 2.46. The normalized spacial score (nSPS) is 10.4. The molecule has 1 heterocycles. The van der Waals surface area contributed by atoms with Gasteiger partial charge < -0.3 is 5.73 Å². The number of nitrogens with two attached hydrogens (primary N) is 1. The molecule has 2 N–H and O–H groups in total. The standard InChI is InChI=1S/C10H10ClN3/c1-14-10(4-5-13-14)7-2-3-8(11)9(12)6-7/h2-6H,12H2,1H3. The van der Waals surface area contributed by atoms with Crippen LogP contribution in [0.5, 0.6) is 0 Å². The number of aryl methyl sites for hydroxylation is 1. The predicted octanol–water partition coefficient (Wildman–Crippen LogP) is 2.32. The second-order valence-electron chi connectivity index (χ2n) is 3.08. The first kappa shape index (κ1) is 9.09. The third kappa shape index (κ3) is 1.46. The lowest BCUT2D eigenvalue weighted by Crippen LogP contribution is -1.94. The quantitative estimate of drug-likeness (QED) is 0.730. The Morgan fingerprint density at radius 2 is 2.14 bits per heavy atom. The van der Waals surface area contributed by atoms with Crippen LogP contribution in [-0.4, -0.2) is 9.78 Å².